The van der Waals surface area contributed by atoms with E-state index in [9.17, 15) is 5.11 Å². The number of rotatable bonds is 14. The van der Waals surface area contributed by atoms with Crippen LogP contribution in [0.5, 0.6) is 0 Å². The number of nitrogens with one attached hydrogen (secondary N) is 3. The highest BCUT2D eigenvalue weighted by atomic mass is 32.2. The van der Waals surface area contributed by atoms with Crippen molar-refractivity contribution >= 4 is 18.0 Å². The van der Waals surface area contributed by atoms with Gasteiger partial charge in [0.05, 0.1) is 0 Å². The number of unbranched alkanes of at least 4 members (excludes halogenated alkanes) is 1. The fourth-order valence-electron chi connectivity index (χ4n) is 3.36. The van der Waals surface area contributed by atoms with Crippen molar-refractivity contribution in [2.75, 3.05) is 25.4 Å². The molecule has 4 nitrogen and oxygen atoms in total. The minimum absolute atomic E-state index is 0.353. The summed E-state index contributed by atoms with van der Waals surface area (Å²) < 4.78 is 0. The molecule has 0 saturated carbocycles. The van der Waals surface area contributed by atoms with Crippen LogP contribution in [0.2, 0.25) is 0 Å². The second-order valence-corrected chi connectivity index (χ2v) is 7.90. The summed E-state index contributed by atoms with van der Waals surface area (Å²) in [5.41, 5.74) is 0. The molecule has 0 amide bonds. The van der Waals surface area contributed by atoms with Crippen LogP contribution in [0.15, 0.2) is 0 Å². The molecular formula is C18H37N3OS. The fraction of sp³-hybridized carbons (Fsp3) is 0.944. The minimum atomic E-state index is -0.353. The molecule has 4 unspecified atom stereocenters. The first-order valence-corrected chi connectivity index (χ1v) is 10.5. The van der Waals surface area contributed by atoms with E-state index in [1.807, 2.05) is 0 Å². The Kier molecular flexibility index (Phi) is 12.0. The van der Waals surface area contributed by atoms with Gasteiger partial charge in [0.25, 0.3) is 0 Å². The van der Waals surface area contributed by atoms with Crippen molar-refractivity contribution in [3.8, 4) is 0 Å². The molecule has 0 aromatic carbocycles. The average molecular weight is 344 g/mol. The van der Waals surface area contributed by atoms with E-state index in [0.29, 0.717) is 11.8 Å². The van der Waals surface area contributed by atoms with Gasteiger partial charge in [-0.25, -0.2) is 0 Å². The Balaban J connectivity index is 2.00. The molecule has 1 heterocycles. The molecule has 4 N–H and O–H groups in total. The SMILES string of the molecule is CCCNCCCNC(O)CCCCC1SCC(C=N)C1CC. The molecule has 1 aliphatic heterocycles. The summed E-state index contributed by atoms with van der Waals surface area (Å²) in [5, 5.41) is 24.8. The van der Waals surface area contributed by atoms with Gasteiger partial charge in [0, 0.05) is 16.9 Å². The van der Waals surface area contributed by atoms with Crippen molar-refractivity contribution in [2.24, 2.45) is 11.8 Å². The third-order valence-corrected chi connectivity index (χ3v) is 6.36. The lowest BCUT2D eigenvalue weighted by molar-refractivity contribution is 0.124. The maximum atomic E-state index is 9.96. The van der Waals surface area contributed by atoms with Crippen LogP contribution in [-0.4, -0.2) is 48.2 Å². The Morgan fingerprint density at radius 3 is 2.74 bits per heavy atom. The van der Waals surface area contributed by atoms with Gasteiger partial charge in [0.1, 0.15) is 6.23 Å². The Morgan fingerprint density at radius 2 is 2.04 bits per heavy atom. The normalized spacial score (nSPS) is 25.6. The Bertz CT molecular complexity index is 304. The minimum Gasteiger partial charge on any atom is -0.379 e. The molecule has 4 atom stereocenters. The highest BCUT2D eigenvalue weighted by molar-refractivity contribution is 8.00. The van der Waals surface area contributed by atoms with Crippen molar-refractivity contribution in [1.82, 2.24) is 10.6 Å². The van der Waals surface area contributed by atoms with E-state index in [4.69, 9.17) is 5.41 Å². The first-order valence-electron chi connectivity index (χ1n) is 9.47. The summed E-state index contributed by atoms with van der Waals surface area (Å²) in [6.07, 6.45) is 9.10. The van der Waals surface area contributed by atoms with Gasteiger partial charge in [-0.3, -0.25) is 5.32 Å². The second kappa shape index (κ2) is 13.2. The Hall–Kier alpha value is -0.100. The molecule has 0 aliphatic carbocycles. The van der Waals surface area contributed by atoms with Crippen molar-refractivity contribution < 1.29 is 5.11 Å². The number of aliphatic hydroxyl groups excluding tert-OH is 1. The molecule has 136 valence electrons. The molecule has 1 aliphatic rings. The third-order valence-electron chi connectivity index (χ3n) is 4.77. The van der Waals surface area contributed by atoms with Crippen LogP contribution in [0.3, 0.4) is 0 Å². The van der Waals surface area contributed by atoms with Crippen LogP contribution < -0.4 is 10.6 Å². The average Bonchev–Trinajstić information content (AvgIpc) is 2.96. The summed E-state index contributed by atoms with van der Waals surface area (Å²) in [7, 11) is 0. The fourth-order valence-corrected chi connectivity index (χ4v) is 5.15. The standard InChI is InChI=1S/C18H37N3OS/c1-3-10-20-11-7-12-21-18(22)9-6-5-8-17-16(4-2)15(13-19)14-23-17/h13,15-22H,3-12,14H2,1-2H3. The third kappa shape index (κ3) is 8.52. The van der Waals surface area contributed by atoms with E-state index < -0.39 is 0 Å². The van der Waals surface area contributed by atoms with E-state index in [2.05, 4.69) is 36.2 Å². The van der Waals surface area contributed by atoms with E-state index in [0.717, 1.165) is 49.9 Å². The quantitative estimate of drug-likeness (QED) is 0.222. The zero-order valence-electron chi connectivity index (χ0n) is 15.0. The summed E-state index contributed by atoms with van der Waals surface area (Å²) in [5.74, 6) is 2.31. The van der Waals surface area contributed by atoms with Crippen molar-refractivity contribution in [3.05, 3.63) is 0 Å². The summed E-state index contributed by atoms with van der Waals surface area (Å²) in [4.78, 5) is 0. The van der Waals surface area contributed by atoms with Crippen LogP contribution in [-0.2, 0) is 0 Å². The van der Waals surface area contributed by atoms with E-state index in [-0.39, 0.29) is 6.23 Å². The van der Waals surface area contributed by atoms with Gasteiger partial charge in [0.2, 0.25) is 0 Å². The monoisotopic (exact) mass is 343 g/mol. The molecule has 1 fully saturated rings. The number of aliphatic hydroxyl groups is 1. The van der Waals surface area contributed by atoms with Gasteiger partial charge in [-0.1, -0.05) is 26.7 Å². The lowest BCUT2D eigenvalue weighted by Crippen LogP contribution is -2.31. The summed E-state index contributed by atoms with van der Waals surface area (Å²) in [6.45, 7) is 7.42. The van der Waals surface area contributed by atoms with Crippen molar-refractivity contribution in [2.45, 2.75) is 70.3 Å². The van der Waals surface area contributed by atoms with E-state index in [1.54, 1.807) is 6.21 Å². The van der Waals surface area contributed by atoms with Gasteiger partial charge < -0.3 is 15.8 Å². The predicted molar refractivity (Wildman–Crippen MR) is 103 cm³/mol. The second-order valence-electron chi connectivity index (χ2n) is 6.63. The van der Waals surface area contributed by atoms with Crippen molar-refractivity contribution in [3.63, 3.8) is 0 Å². The van der Waals surface area contributed by atoms with Crippen LogP contribution in [0.1, 0.15) is 58.8 Å². The molecule has 0 radical (unpaired) electrons. The smallest absolute Gasteiger partial charge is 0.104 e. The topological polar surface area (TPSA) is 68.1 Å². The molecule has 0 bridgehead atoms. The van der Waals surface area contributed by atoms with Gasteiger partial charge in [-0.15, -0.1) is 0 Å². The molecule has 0 aromatic heterocycles. The zero-order chi connectivity index (χ0) is 16.9. The maximum Gasteiger partial charge on any atom is 0.104 e. The highest BCUT2D eigenvalue weighted by Crippen LogP contribution is 2.40. The van der Waals surface area contributed by atoms with Gasteiger partial charge in [0.15, 0.2) is 0 Å². The predicted octanol–water partition coefficient (Wildman–Crippen LogP) is 3.25. The Labute approximate surface area is 147 Å². The molecule has 0 spiro atoms. The highest BCUT2D eigenvalue weighted by Gasteiger charge is 2.33. The largest absolute Gasteiger partial charge is 0.379 e. The molecule has 1 saturated heterocycles. The van der Waals surface area contributed by atoms with E-state index >= 15 is 0 Å². The lowest BCUT2D eigenvalue weighted by atomic mass is 9.87. The van der Waals surface area contributed by atoms with Crippen LogP contribution in [0.25, 0.3) is 0 Å². The number of hydrogen-bond donors (Lipinski definition) is 4. The first-order chi connectivity index (χ1) is 11.2. The number of thioether (sulfide) groups is 1. The molecule has 23 heavy (non-hydrogen) atoms. The van der Waals surface area contributed by atoms with Crippen molar-refractivity contribution in [1.29, 1.82) is 5.41 Å². The summed E-state index contributed by atoms with van der Waals surface area (Å²) >= 11 is 2.05. The molecule has 0 aromatic rings. The molecule has 5 heteroatoms. The van der Waals surface area contributed by atoms with E-state index in [1.165, 1.54) is 25.7 Å². The lowest BCUT2D eigenvalue weighted by Gasteiger charge is -2.20. The van der Waals surface area contributed by atoms with Gasteiger partial charge >= 0.3 is 0 Å². The van der Waals surface area contributed by atoms with Gasteiger partial charge in [-0.2, -0.15) is 11.8 Å². The van der Waals surface area contributed by atoms with Crippen LogP contribution in [0, 0.1) is 17.2 Å². The number of hydrogen-bond acceptors (Lipinski definition) is 5. The Morgan fingerprint density at radius 1 is 1.22 bits per heavy atom. The van der Waals surface area contributed by atoms with Gasteiger partial charge in [-0.05, 0) is 63.9 Å². The molecular weight excluding hydrogens is 306 g/mol. The zero-order valence-corrected chi connectivity index (χ0v) is 15.8. The van der Waals surface area contributed by atoms with Crippen LogP contribution in [0.4, 0.5) is 0 Å². The summed E-state index contributed by atoms with van der Waals surface area (Å²) in [6, 6.07) is 0. The first kappa shape index (κ1) is 20.9. The molecule has 1 rings (SSSR count). The maximum absolute atomic E-state index is 9.96. The van der Waals surface area contributed by atoms with Crippen LogP contribution >= 0.6 is 11.8 Å².